The van der Waals surface area contributed by atoms with Crippen molar-refractivity contribution < 1.29 is 27.5 Å². The second-order valence-corrected chi connectivity index (χ2v) is 7.99. The zero-order valence-electron chi connectivity index (χ0n) is 17.2. The Morgan fingerprint density at radius 2 is 1.87 bits per heavy atom. The van der Waals surface area contributed by atoms with Crippen molar-refractivity contribution in [2.45, 2.75) is 52.1 Å². The SMILES string of the molecule is Cc1[nH]c2c(C)cccc2c1CCNC(=O)[C@H]1CCCC[C@@H]1C(=O)OCC(F)(F)F. The number of para-hydroxylation sites is 1. The van der Waals surface area contributed by atoms with Gasteiger partial charge in [-0.05, 0) is 44.2 Å². The van der Waals surface area contributed by atoms with E-state index in [1.54, 1.807) is 0 Å². The van der Waals surface area contributed by atoms with Crippen molar-refractivity contribution in [3.05, 3.63) is 35.0 Å². The number of benzene rings is 1. The molecule has 1 fully saturated rings. The van der Waals surface area contributed by atoms with E-state index in [1.165, 1.54) is 0 Å². The minimum Gasteiger partial charge on any atom is -0.456 e. The van der Waals surface area contributed by atoms with E-state index < -0.39 is 30.6 Å². The number of rotatable bonds is 6. The zero-order chi connectivity index (χ0) is 21.9. The number of halogens is 3. The first-order valence-electron chi connectivity index (χ1n) is 10.2. The van der Waals surface area contributed by atoms with Gasteiger partial charge in [0.05, 0.1) is 11.8 Å². The number of aromatic amines is 1. The van der Waals surface area contributed by atoms with E-state index in [4.69, 9.17) is 0 Å². The molecule has 164 valence electrons. The summed E-state index contributed by atoms with van der Waals surface area (Å²) in [6.45, 7) is 2.80. The number of esters is 1. The zero-order valence-corrected chi connectivity index (χ0v) is 17.2. The van der Waals surface area contributed by atoms with Crippen LogP contribution in [0.25, 0.3) is 10.9 Å². The van der Waals surface area contributed by atoms with Crippen LogP contribution in [-0.2, 0) is 20.7 Å². The van der Waals surface area contributed by atoms with Crippen LogP contribution in [0.5, 0.6) is 0 Å². The van der Waals surface area contributed by atoms with Gasteiger partial charge in [-0.1, -0.05) is 31.0 Å². The lowest BCUT2D eigenvalue weighted by molar-refractivity contribution is -0.191. The lowest BCUT2D eigenvalue weighted by atomic mass is 9.78. The monoisotopic (exact) mass is 424 g/mol. The van der Waals surface area contributed by atoms with Crippen molar-refractivity contribution in [1.29, 1.82) is 0 Å². The van der Waals surface area contributed by atoms with Gasteiger partial charge in [0.2, 0.25) is 5.91 Å². The Balaban J connectivity index is 1.60. The quantitative estimate of drug-likeness (QED) is 0.677. The first-order valence-corrected chi connectivity index (χ1v) is 10.2. The molecule has 2 aromatic rings. The summed E-state index contributed by atoms with van der Waals surface area (Å²) in [5, 5.41) is 3.99. The van der Waals surface area contributed by atoms with Crippen molar-refractivity contribution >= 4 is 22.8 Å². The largest absolute Gasteiger partial charge is 0.456 e. The highest BCUT2D eigenvalue weighted by Crippen LogP contribution is 2.32. The number of hydrogen-bond donors (Lipinski definition) is 2. The molecule has 5 nitrogen and oxygen atoms in total. The molecule has 0 radical (unpaired) electrons. The Bertz CT molecular complexity index is 920. The summed E-state index contributed by atoms with van der Waals surface area (Å²) in [7, 11) is 0. The summed E-state index contributed by atoms with van der Waals surface area (Å²) in [4.78, 5) is 28.2. The number of carbonyl (C=O) groups is 2. The van der Waals surface area contributed by atoms with E-state index in [1.807, 2.05) is 32.0 Å². The first-order chi connectivity index (χ1) is 14.2. The fraction of sp³-hybridized carbons (Fsp3) is 0.545. The predicted octanol–water partition coefficient (Wildman–Crippen LogP) is 4.36. The summed E-state index contributed by atoms with van der Waals surface area (Å²) >= 11 is 0. The topological polar surface area (TPSA) is 71.2 Å². The summed E-state index contributed by atoms with van der Waals surface area (Å²) in [5.41, 5.74) is 4.39. The van der Waals surface area contributed by atoms with Crippen molar-refractivity contribution in [2.75, 3.05) is 13.2 Å². The Morgan fingerprint density at radius 3 is 2.57 bits per heavy atom. The van der Waals surface area contributed by atoms with Crippen molar-refractivity contribution in [2.24, 2.45) is 11.8 Å². The molecule has 1 aliphatic carbocycles. The van der Waals surface area contributed by atoms with Gasteiger partial charge in [-0.15, -0.1) is 0 Å². The van der Waals surface area contributed by atoms with E-state index in [2.05, 4.69) is 15.0 Å². The fourth-order valence-corrected chi connectivity index (χ4v) is 4.30. The number of amides is 1. The Hall–Kier alpha value is -2.51. The molecule has 0 bridgehead atoms. The highest BCUT2D eigenvalue weighted by molar-refractivity contribution is 5.88. The molecule has 1 heterocycles. The van der Waals surface area contributed by atoms with Gasteiger partial charge in [-0.3, -0.25) is 9.59 Å². The molecule has 1 aromatic heterocycles. The molecular formula is C22H27F3N2O3. The van der Waals surface area contributed by atoms with Crippen LogP contribution < -0.4 is 5.32 Å². The molecule has 8 heteroatoms. The molecule has 2 atom stereocenters. The molecule has 30 heavy (non-hydrogen) atoms. The Labute approximate surface area is 173 Å². The molecule has 2 N–H and O–H groups in total. The number of fused-ring (bicyclic) bond motifs is 1. The molecule has 1 saturated carbocycles. The van der Waals surface area contributed by atoms with Crippen LogP contribution in [0.1, 0.15) is 42.5 Å². The standard InChI is InChI=1S/C22H27F3N2O3/c1-13-6-5-9-16-15(14(2)27-19(13)16)10-11-26-20(28)17-7-3-4-8-18(17)21(29)30-12-22(23,24)25/h5-6,9,17-18,27H,3-4,7-8,10-12H2,1-2H3,(H,26,28)/t17-,18-/m0/s1. The van der Waals surface area contributed by atoms with Gasteiger partial charge in [-0.25, -0.2) is 0 Å². The minimum atomic E-state index is -4.57. The third kappa shape index (κ3) is 5.15. The van der Waals surface area contributed by atoms with Crippen molar-refractivity contribution in [3.8, 4) is 0 Å². The van der Waals surface area contributed by atoms with Crippen LogP contribution in [0.4, 0.5) is 13.2 Å². The number of aryl methyl sites for hydroxylation is 2. The first kappa shape index (κ1) is 22.2. The van der Waals surface area contributed by atoms with Gasteiger partial charge in [0.25, 0.3) is 0 Å². The summed E-state index contributed by atoms with van der Waals surface area (Å²) in [6, 6.07) is 6.06. The third-order valence-electron chi connectivity index (χ3n) is 5.82. The van der Waals surface area contributed by atoms with E-state index in [0.29, 0.717) is 32.2 Å². The van der Waals surface area contributed by atoms with Crippen LogP contribution in [0, 0.1) is 25.7 Å². The highest BCUT2D eigenvalue weighted by Gasteiger charge is 2.38. The molecule has 1 aromatic carbocycles. The van der Waals surface area contributed by atoms with Crippen molar-refractivity contribution in [3.63, 3.8) is 0 Å². The van der Waals surface area contributed by atoms with Crippen LogP contribution in [0.2, 0.25) is 0 Å². The average Bonchev–Trinajstić information content (AvgIpc) is 3.02. The van der Waals surface area contributed by atoms with E-state index in [-0.39, 0.29) is 5.91 Å². The smallest absolute Gasteiger partial charge is 0.422 e. The molecule has 0 saturated heterocycles. The molecule has 3 rings (SSSR count). The molecule has 1 aliphatic rings. The number of aromatic nitrogens is 1. The minimum absolute atomic E-state index is 0.294. The van der Waals surface area contributed by atoms with Gasteiger partial charge < -0.3 is 15.0 Å². The van der Waals surface area contributed by atoms with Gasteiger partial charge in [0, 0.05) is 23.1 Å². The number of H-pyrrole nitrogens is 1. The summed E-state index contributed by atoms with van der Waals surface area (Å²) in [5.74, 6) is -2.70. The van der Waals surface area contributed by atoms with Gasteiger partial charge >= 0.3 is 12.1 Å². The van der Waals surface area contributed by atoms with Crippen LogP contribution in [0.3, 0.4) is 0 Å². The molecule has 0 spiro atoms. The number of alkyl halides is 3. The maximum Gasteiger partial charge on any atom is 0.422 e. The molecule has 0 aliphatic heterocycles. The maximum atomic E-state index is 12.7. The Morgan fingerprint density at radius 1 is 1.17 bits per heavy atom. The normalized spacial score (nSPS) is 19.6. The Kier molecular flexibility index (Phi) is 6.73. The molecule has 1 amide bonds. The predicted molar refractivity (Wildman–Crippen MR) is 107 cm³/mol. The van der Waals surface area contributed by atoms with Gasteiger partial charge in [0.1, 0.15) is 0 Å². The summed E-state index contributed by atoms with van der Waals surface area (Å²) in [6.07, 6.45) is -1.64. The third-order valence-corrected chi connectivity index (χ3v) is 5.82. The van der Waals surface area contributed by atoms with Gasteiger partial charge in [0.15, 0.2) is 6.61 Å². The second kappa shape index (κ2) is 9.10. The van der Waals surface area contributed by atoms with E-state index in [9.17, 15) is 22.8 Å². The van der Waals surface area contributed by atoms with Crippen LogP contribution in [-0.4, -0.2) is 36.2 Å². The lowest BCUT2D eigenvalue weighted by Gasteiger charge is -2.29. The number of carbonyl (C=O) groups excluding carboxylic acids is 2. The average molecular weight is 424 g/mol. The van der Waals surface area contributed by atoms with Crippen molar-refractivity contribution in [1.82, 2.24) is 10.3 Å². The van der Waals surface area contributed by atoms with E-state index >= 15 is 0 Å². The highest BCUT2D eigenvalue weighted by atomic mass is 19.4. The van der Waals surface area contributed by atoms with E-state index in [0.717, 1.165) is 34.1 Å². The second-order valence-electron chi connectivity index (χ2n) is 7.99. The number of nitrogens with one attached hydrogen (secondary N) is 2. The molecular weight excluding hydrogens is 397 g/mol. The van der Waals surface area contributed by atoms with Crippen LogP contribution >= 0.6 is 0 Å². The van der Waals surface area contributed by atoms with Crippen LogP contribution in [0.15, 0.2) is 18.2 Å². The number of ether oxygens (including phenoxy) is 1. The molecule has 0 unspecified atom stereocenters. The maximum absolute atomic E-state index is 12.7. The lowest BCUT2D eigenvalue weighted by Crippen LogP contribution is -2.41. The fourth-order valence-electron chi connectivity index (χ4n) is 4.30. The number of hydrogen-bond acceptors (Lipinski definition) is 3. The summed E-state index contributed by atoms with van der Waals surface area (Å²) < 4.78 is 41.5. The van der Waals surface area contributed by atoms with Gasteiger partial charge in [-0.2, -0.15) is 13.2 Å².